The molecule has 0 spiro atoms. The van der Waals surface area contributed by atoms with E-state index < -0.39 is 0 Å². The average molecular weight is 289 g/mol. The highest BCUT2D eigenvalue weighted by Gasteiger charge is 2.48. The minimum Gasteiger partial charge on any atom is -0.485 e. The van der Waals surface area contributed by atoms with Crippen LogP contribution in [0.2, 0.25) is 5.02 Å². The highest BCUT2D eigenvalue weighted by atomic mass is 35.5. The zero-order chi connectivity index (χ0) is 13.6. The number of nitrogens with zero attached hydrogens (tertiary/aromatic N) is 2. The van der Waals surface area contributed by atoms with Crippen molar-refractivity contribution in [2.24, 2.45) is 5.92 Å². The minimum atomic E-state index is -0.0849. The molecule has 1 aromatic heterocycles. The van der Waals surface area contributed by atoms with Crippen LogP contribution in [0.15, 0.2) is 36.9 Å². The fourth-order valence-electron chi connectivity index (χ4n) is 3.74. The number of halogens is 1. The molecular formula is C16H17ClN2O. The summed E-state index contributed by atoms with van der Waals surface area (Å²) in [4.78, 5) is 4.14. The van der Waals surface area contributed by atoms with Crippen molar-refractivity contribution < 1.29 is 4.74 Å². The molecule has 2 atom stereocenters. The molecule has 0 unspecified atom stereocenters. The fourth-order valence-corrected chi connectivity index (χ4v) is 3.91. The van der Waals surface area contributed by atoms with Crippen LogP contribution in [-0.2, 0) is 13.0 Å². The van der Waals surface area contributed by atoms with E-state index in [0.29, 0.717) is 5.92 Å². The number of rotatable bonds is 2. The predicted octanol–water partition coefficient (Wildman–Crippen LogP) is 3.71. The molecule has 0 amide bonds. The maximum absolute atomic E-state index is 6.46. The Hall–Kier alpha value is -1.48. The fraction of sp³-hybridized carbons (Fsp3) is 0.438. The number of hydrogen-bond donors (Lipinski definition) is 0. The normalized spacial score (nSPS) is 27.8. The molecule has 0 radical (unpaired) electrons. The van der Waals surface area contributed by atoms with Crippen LogP contribution in [0.1, 0.15) is 24.8 Å². The van der Waals surface area contributed by atoms with E-state index in [1.54, 1.807) is 0 Å². The SMILES string of the molecule is Clc1ccc2c(c1)O[C@]1(Cn3ccnc3)CCC[C@@H]1C2. The number of imidazole rings is 1. The van der Waals surface area contributed by atoms with Gasteiger partial charge in [0.25, 0.3) is 0 Å². The number of fused-ring (bicyclic) bond motifs is 2. The third kappa shape index (κ3) is 1.92. The highest BCUT2D eigenvalue weighted by molar-refractivity contribution is 6.30. The van der Waals surface area contributed by atoms with Gasteiger partial charge in [0.1, 0.15) is 11.4 Å². The first-order chi connectivity index (χ1) is 9.75. The lowest BCUT2D eigenvalue weighted by atomic mass is 9.82. The van der Waals surface area contributed by atoms with Crippen LogP contribution >= 0.6 is 11.6 Å². The van der Waals surface area contributed by atoms with E-state index in [2.05, 4.69) is 15.6 Å². The van der Waals surface area contributed by atoms with Crippen molar-refractivity contribution in [1.82, 2.24) is 9.55 Å². The molecule has 2 aromatic rings. The van der Waals surface area contributed by atoms with Crippen molar-refractivity contribution in [3.05, 3.63) is 47.5 Å². The van der Waals surface area contributed by atoms with Gasteiger partial charge in [-0.05, 0) is 43.4 Å². The van der Waals surface area contributed by atoms with Gasteiger partial charge in [-0.2, -0.15) is 0 Å². The number of aromatic nitrogens is 2. The molecule has 1 aliphatic heterocycles. The van der Waals surface area contributed by atoms with Gasteiger partial charge in [0.2, 0.25) is 0 Å². The molecular weight excluding hydrogens is 272 g/mol. The smallest absolute Gasteiger partial charge is 0.130 e. The number of ether oxygens (including phenoxy) is 1. The molecule has 20 heavy (non-hydrogen) atoms. The number of benzene rings is 1. The molecule has 2 heterocycles. The molecule has 4 heteroatoms. The first-order valence-electron chi connectivity index (χ1n) is 7.18. The molecule has 0 N–H and O–H groups in total. The summed E-state index contributed by atoms with van der Waals surface area (Å²) in [5, 5.41) is 0.748. The molecule has 0 saturated heterocycles. The molecule has 4 rings (SSSR count). The van der Waals surface area contributed by atoms with E-state index in [4.69, 9.17) is 16.3 Å². The maximum Gasteiger partial charge on any atom is 0.130 e. The predicted molar refractivity (Wildman–Crippen MR) is 78.1 cm³/mol. The van der Waals surface area contributed by atoms with E-state index in [1.807, 2.05) is 30.9 Å². The van der Waals surface area contributed by atoms with E-state index >= 15 is 0 Å². The Kier molecular flexibility index (Phi) is 2.77. The van der Waals surface area contributed by atoms with Gasteiger partial charge in [-0.15, -0.1) is 0 Å². The van der Waals surface area contributed by atoms with E-state index in [-0.39, 0.29) is 5.60 Å². The second kappa shape index (κ2) is 4.52. The van der Waals surface area contributed by atoms with Gasteiger partial charge >= 0.3 is 0 Å². The summed E-state index contributed by atoms with van der Waals surface area (Å²) < 4.78 is 8.60. The van der Waals surface area contributed by atoms with Crippen LogP contribution in [0, 0.1) is 5.92 Å². The summed E-state index contributed by atoms with van der Waals surface area (Å²) in [7, 11) is 0. The quantitative estimate of drug-likeness (QED) is 0.842. The van der Waals surface area contributed by atoms with E-state index in [0.717, 1.165) is 30.2 Å². The van der Waals surface area contributed by atoms with Crippen LogP contribution in [0.4, 0.5) is 0 Å². The van der Waals surface area contributed by atoms with Crippen molar-refractivity contribution in [2.45, 2.75) is 37.8 Å². The molecule has 1 saturated carbocycles. The van der Waals surface area contributed by atoms with Gasteiger partial charge in [0, 0.05) is 23.3 Å². The van der Waals surface area contributed by atoms with Crippen molar-refractivity contribution in [3.8, 4) is 5.75 Å². The lowest BCUT2D eigenvalue weighted by molar-refractivity contribution is -0.00144. The van der Waals surface area contributed by atoms with Crippen molar-refractivity contribution >= 4 is 11.6 Å². The van der Waals surface area contributed by atoms with Crippen LogP contribution < -0.4 is 4.74 Å². The second-order valence-corrected chi connectivity index (χ2v) is 6.38. The Bertz CT molecular complexity index is 625. The van der Waals surface area contributed by atoms with Crippen molar-refractivity contribution in [2.75, 3.05) is 0 Å². The summed E-state index contributed by atoms with van der Waals surface area (Å²) in [5.41, 5.74) is 1.21. The second-order valence-electron chi connectivity index (χ2n) is 5.95. The summed E-state index contributed by atoms with van der Waals surface area (Å²) in [6, 6.07) is 6.03. The van der Waals surface area contributed by atoms with Crippen LogP contribution in [0.5, 0.6) is 5.75 Å². The van der Waals surface area contributed by atoms with Gasteiger partial charge in [0.05, 0.1) is 12.9 Å². The molecule has 0 bridgehead atoms. The third-order valence-electron chi connectivity index (χ3n) is 4.71. The standard InChI is InChI=1S/C16H17ClN2O/c17-14-4-3-12-8-13-2-1-5-16(13,20-15(12)9-14)10-19-7-6-18-11-19/h3-4,6-7,9,11,13H,1-2,5,8,10H2/t13-,16+/m1/s1. The first kappa shape index (κ1) is 12.3. The molecule has 2 aliphatic rings. The lowest BCUT2D eigenvalue weighted by Gasteiger charge is -2.41. The lowest BCUT2D eigenvalue weighted by Crippen LogP contribution is -2.47. The summed E-state index contributed by atoms with van der Waals surface area (Å²) in [6.45, 7) is 0.879. The number of hydrogen-bond acceptors (Lipinski definition) is 2. The van der Waals surface area contributed by atoms with E-state index in [9.17, 15) is 0 Å². The largest absolute Gasteiger partial charge is 0.485 e. The van der Waals surface area contributed by atoms with Gasteiger partial charge in [-0.1, -0.05) is 17.7 Å². The van der Waals surface area contributed by atoms with E-state index in [1.165, 1.54) is 18.4 Å². The monoisotopic (exact) mass is 288 g/mol. The van der Waals surface area contributed by atoms with Crippen molar-refractivity contribution in [1.29, 1.82) is 0 Å². The summed E-state index contributed by atoms with van der Waals surface area (Å²) in [5.74, 6) is 1.56. The maximum atomic E-state index is 6.46. The third-order valence-corrected chi connectivity index (χ3v) is 4.95. The zero-order valence-electron chi connectivity index (χ0n) is 11.3. The van der Waals surface area contributed by atoms with Crippen LogP contribution in [0.3, 0.4) is 0 Å². The van der Waals surface area contributed by atoms with Gasteiger partial charge < -0.3 is 9.30 Å². The molecule has 1 fully saturated rings. The highest BCUT2D eigenvalue weighted by Crippen LogP contribution is 2.48. The summed E-state index contributed by atoms with van der Waals surface area (Å²) >= 11 is 6.11. The molecule has 1 aliphatic carbocycles. The Labute approximate surface area is 123 Å². The molecule has 1 aromatic carbocycles. The van der Waals surface area contributed by atoms with Crippen LogP contribution in [0.25, 0.3) is 0 Å². The van der Waals surface area contributed by atoms with Gasteiger partial charge in [-0.3, -0.25) is 0 Å². The van der Waals surface area contributed by atoms with Crippen LogP contribution in [-0.4, -0.2) is 15.2 Å². The van der Waals surface area contributed by atoms with Gasteiger partial charge in [0.15, 0.2) is 0 Å². The zero-order valence-corrected chi connectivity index (χ0v) is 12.0. The first-order valence-corrected chi connectivity index (χ1v) is 7.56. The topological polar surface area (TPSA) is 27.1 Å². The van der Waals surface area contributed by atoms with Crippen molar-refractivity contribution in [3.63, 3.8) is 0 Å². The molecule has 3 nitrogen and oxygen atoms in total. The average Bonchev–Trinajstić information content (AvgIpc) is 3.05. The van der Waals surface area contributed by atoms with Gasteiger partial charge in [-0.25, -0.2) is 4.98 Å². The Morgan fingerprint density at radius 3 is 3.25 bits per heavy atom. The molecule has 104 valence electrons. The Morgan fingerprint density at radius 2 is 2.40 bits per heavy atom. The minimum absolute atomic E-state index is 0.0849. The summed E-state index contributed by atoms with van der Waals surface area (Å²) in [6.07, 6.45) is 10.4. The Balaban J connectivity index is 1.71. The Morgan fingerprint density at radius 1 is 1.45 bits per heavy atom.